The van der Waals surface area contributed by atoms with E-state index in [0.29, 0.717) is 0 Å². The van der Waals surface area contributed by atoms with Crippen molar-refractivity contribution in [2.45, 2.75) is 38.9 Å². The highest BCUT2D eigenvalue weighted by Crippen LogP contribution is 2.53. The van der Waals surface area contributed by atoms with Gasteiger partial charge < -0.3 is 8.98 Å². The van der Waals surface area contributed by atoms with Crippen molar-refractivity contribution in [1.29, 1.82) is 0 Å². The van der Waals surface area contributed by atoms with Gasteiger partial charge in [-0.05, 0) is 57.3 Å². The molecule has 0 unspecified atom stereocenters. The van der Waals surface area contributed by atoms with E-state index in [4.69, 9.17) is 4.42 Å². The van der Waals surface area contributed by atoms with E-state index in [0.717, 1.165) is 16.7 Å². The number of fused-ring (bicyclic) bond motifs is 10. The molecule has 2 heterocycles. The molecule has 9 rings (SSSR count). The van der Waals surface area contributed by atoms with E-state index in [1.807, 2.05) is 0 Å². The molecule has 1 aliphatic rings. The Hall–Kier alpha value is -4.86. The molecule has 0 saturated carbocycles. The predicted molar refractivity (Wildman–Crippen MR) is 194 cm³/mol. The summed E-state index contributed by atoms with van der Waals surface area (Å²) < 4.78 is 9.31. The Balaban J connectivity index is 1.36. The van der Waals surface area contributed by atoms with Crippen LogP contribution in [0.25, 0.3) is 71.7 Å². The van der Waals surface area contributed by atoms with Crippen molar-refractivity contribution in [3.63, 3.8) is 0 Å². The van der Waals surface area contributed by atoms with Crippen LogP contribution >= 0.6 is 0 Å². The molecular weight excluding hydrogens is 563 g/mol. The van der Waals surface area contributed by atoms with Crippen molar-refractivity contribution in [3.05, 3.63) is 132 Å². The third-order valence-corrected chi connectivity index (χ3v) is 12.1. The lowest BCUT2D eigenvalue weighted by Gasteiger charge is -2.23. The molecule has 0 N–H and O–H groups in total. The maximum atomic E-state index is 6.82. The molecule has 0 radical (unpaired) electrons. The Morgan fingerprint density at radius 3 is 2.09 bits per heavy atom. The first kappa shape index (κ1) is 26.5. The summed E-state index contributed by atoms with van der Waals surface area (Å²) in [7, 11) is -1.59. The lowest BCUT2D eigenvalue weighted by atomic mass is 9.81. The van der Waals surface area contributed by atoms with Crippen LogP contribution in [0, 0.1) is 0 Å². The average Bonchev–Trinajstić information content (AvgIpc) is 3.66. The monoisotopic (exact) mass is 597 g/mol. The Bertz CT molecular complexity index is 2490. The second-order valence-electron chi connectivity index (χ2n) is 14.2. The molecular formula is C42H35NOSi. The van der Waals surface area contributed by atoms with Crippen LogP contribution in [0.1, 0.15) is 25.0 Å². The molecule has 0 fully saturated rings. The quantitative estimate of drug-likeness (QED) is 0.185. The third-order valence-electron chi connectivity index (χ3n) is 10.1. The topological polar surface area (TPSA) is 18.1 Å². The molecule has 0 atom stereocenters. The van der Waals surface area contributed by atoms with Crippen molar-refractivity contribution in [2.24, 2.45) is 0 Å². The summed E-state index contributed by atoms with van der Waals surface area (Å²) in [5.41, 5.74) is 13.4. The fraction of sp³-hybridized carbons (Fsp3) is 0.143. The van der Waals surface area contributed by atoms with E-state index in [-0.39, 0.29) is 5.41 Å². The fourth-order valence-electron chi connectivity index (χ4n) is 8.01. The van der Waals surface area contributed by atoms with Crippen LogP contribution in [0.2, 0.25) is 19.6 Å². The maximum absolute atomic E-state index is 6.82. The molecule has 0 spiro atoms. The van der Waals surface area contributed by atoms with E-state index in [1.54, 1.807) is 0 Å². The zero-order valence-corrected chi connectivity index (χ0v) is 27.4. The van der Waals surface area contributed by atoms with Gasteiger partial charge in [0.25, 0.3) is 0 Å². The zero-order chi connectivity index (χ0) is 30.7. The average molecular weight is 598 g/mol. The summed E-state index contributed by atoms with van der Waals surface area (Å²) in [6.07, 6.45) is 0. The molecule has 6 aromatic carbocycles. The van der Waals surface area contributed by atoms with Crippen molar-refractivity contribution < 1.29 is 4.42 Å². The minimum Gasteiger partial charge on any atom is -0.456 e. The molecule has 0 amide bonds. The highest BCUT2D eigenvalue weighted by atomic mass is 28.3. The minimum atomic E-state index is -1.59. The first-order valence-electron chi connectivity index (χ1n) is 16.0. The molecule has 8 aromatic rings. The number of para-hydroxylation sites is 3. The Morgan fingerprint density at radius 1 is 0.578 bits per heavy atom. The van der Waals surface area contributed by atoms with Gasteiger partial charge >= 0.3 is 0 Å². The number of hydrogen-bond acceptors (Lipinski definition) is 1. The SMILES string of the molecule is CC1(C)c2ccccc2-c2ccc3c4cc(-c5cccc6c5oc5c([Si](C)(C)C)cccc56)ccc4n(-c4ccccc4)c3c21. The normalized spacial score (nSPS) is 14.1. The molecule has 3 heteroatoms. The third kappa shape index (κ3) is 3.62. The van der Waals surface area contributed by atoms with Crippen molar-refractivity contribution in [3.8, 4) is 27.9 Å². The van der Waals surface area contributed by atoms with Crippen LogP contribution in [0.3, 0.4) is 0 Å². The van der Waals surface area contributed by atoms with Crippen molar-refractivity contribution >= 4 is 57.0 Å². The van der Waals surface area contributed by atoms with Gasteiger partial charge in [0.2, 0.25) is 0 Å². The molecule has 218 valence electrons. The van der Waals surface area contributed by atoms with Crippen molar-refractivity contribution in [2.75, 3.05) is 0 Å². The highest BCUT2D eigenvalue weighted by Gasteiger charge is 2.38. The van der Waals surface area contributed by atoms with Crippen LogP contribution in [0.5, 0.6) is 0 Å². The number of benzene rings is 6. The zero-order valence-electron chi connectivity index (χ0n) is 26.4. The first-order chi connectivity index (χ1) is 21.7. The standard InChI is InChI=1S/C42H35NOSi/c1-42(2)35-19-10-9-15-29(35)30-22-23-31-34-25-26(21-24-36(34)43(39(31)38(30)42)27-13-7-6-8-14-27)28-16-11-17-32-33-18-12-20-37(45(3,4)5)41(33)44-40(28)32/h6-25H,1-5H3. The van der Waals surface area contributed by atoms with Crippen LogP contribution in [-0.2, 0) is 5.41 Å². The molecule has 0 aliphatic heterocycles. The first-order valence-corrected chi connectivity index (χ1v) is 19.5. The smallest absolute Gasteiger partial charge is 0.143 e. The summed E-state index contributed by atoms with van der Waals surface area (Å²) in [6, 6.07) is 44.7. The van der Waals surface area contributed by atoms with Gasteiger partial charge in [-0.1, -0.05) is 131 Å². The predicted octanol–water partition coefficient (Wildman–Crippen LogP) is 11.2. The molecule has 45 heavy (non-hydrogen) atoms. The number of nitrogens with zero attached hydrogens (tertiary/aromatic N) is 1. The van der Waals surface area contributed by atoms with Crippen LogP contribution < -0.4 is 5.19 Å². The Labute approximate surface area is 264 Å². The summed E-state index contributed by atoms with van der Waals surface area (Å²) in [4.78, 5) is 0. The summed E-state index contributed by atoms with van der Waals surface area (Å²) in [6.45, 7) is 11.9. The van der Waals surface area contributed by atoms with Gasteiger partial charge in [0.05, 0.1) is 19.1 Å². The van der Waals surface area contributed by atoms with Gasteiger partial charge in [-0.2, -0.15) is 0 Å². The number of hydrogen-bond donors (Lipinski definition) is 0. The molecule has 2 aromatic heterocycles. The molecule has 0 saturated heterocycles. The van der Waals surface area contributed by atoms with Crippen LogP contribution in [0.4, 0.5) is 0 Å². The number of aromatic nitrogens is 1. The molecule has 2 nitrogen and oxygen atoms in total. The van der Waals surface area contributed by atoms with E-state index in [1.165, 1.54) is 71.3 Å². The van der Waals surface area contributed by atoms with Crippen LogP contribution in [-0.4, -0.2) is 12.6 Å². The second kappa shape index (κ2) is 9.09. The van der Waals surface area contributed by atoms with Crippen LogP contribution in [0.15, 0.2) is 126 Å². The Kier molecular flexibility index (Phi) is 5.36. The van der Waals surface area contributed by atoms with Gasteiger partial charge in [0.1, 0.15) is 11.2 Å². The summed E-state index contributed by atoms with van der Waals surface area (Å²) in [5, 5.41) is 6.32. The fourth-order valence-corrected chi connectivity index (χ4v) is 9.48. The minimum absolute atomic E-state index is 0.122. The second-order valence-corrected chi connectivity index (χ2v) is 19.2. The largest absolute Gasteiger partial charge is 0.456 e. The molecule has 0 bridgehead atoms. The number of furan rings is 1. The van der Waals surface area contributed by atoms with Gasteiger partial charge in [-0.15, -0.1) is 0 Å². The van der Waals surface area contributed by atoms with E-state index in [9.17, 15) is 0 Å². The lowest BCUT2D eigenvalue weighted by molar-refractivity contribution is 0.664. The summed E-state index contributed by atoms with van der Waals surface area (Å²) >= 11 is 0. The van der Waals surface area contributed by atoms with Gasteiger partial charge in [0, 0.05) is 38.2 Å². The highest BCUT2D eigenvalue weighted by molar-refractivity contribution is 6.90. The van der Waals surface area contributed by atoms with E-state index in [2.05, 4.69) is 159 Å². The lowest BCUT2D eigenvalue weighted by Crippen LogP contribution is -2.37. The summed E-state index contributed by atoms with van der Waals surface area (Å²) in [5.74, 6) is 0. The maximum Gasteiger partial charge on any atom is 0.143 e. The van der Waals surface area contributed by atoms with Gasteiger partial charge in [-0.25, -0.2) is 0 Å². The van der Waals surface area contributed by atoms with Crippen molar-refractivity contribution in [1.82, 2.24) is 4.57 Å². The van der Waals surface area contributed by atoms with E-state index >= 15 is 0 Å². The number of rotatable bonds is 3. The Morgan fingerprint density at radius 2 is 1.29 bits per heavy atom. The van der Waals surface area contributed by atoms with E-state index < -0.39 is 8.07 Å². The van der Waals surface area contributed by atoms with Gasteiger partial charge in [0.15, 0.2) is 0 Å². The van der Waals surface area contributed by atoms with Gasteiger partial charge in [-0.3, -0.25) is 0 Å². The molecule has 1 aliphatic carbocycles.